The molecule has 1 aromatic carbocycles. The van der Waals surface area contributed by atoms with Crippen LogP contribution in [0.2, 0.25) is 0 Å². The van der Waals surface area contributed by atoms with Crippen LogP contribution in [-0.4, -0.2) is 41.1 Å². The Labute approximate surface area is 142 Å². The fourth-order valence-corrected chi connectivity index (χ4v) is 4.57. The maximum atomic E-state index is 12.8. The van der Waals surface area contributed by atoms with Crippen LogP contribution in [0.5, 0.6) is 0 Å². The third kappa shape index (κ3) is 3.27. The van der Waals surface area contributed by atoms with Gasteiger partial charge < -0.3 is 4.57 Å². The van der Waals surface area contributed by atoms with Crippen molar-refractivity contribution in [3.05, 3.63) is 48.5 Å². The van der Waals surface area contributed by atoms with Crippen molar-refractivity contribution in [3.8, 4) is 0 Å². The molecule has 1 aromatic heterocycles. The highest BCUT2D eigenvalue weighted by molar-refractivity contribution is 7.89. The van der Waals surface area contributed by atoms with Crippen LogP contribution in [0.1, 0.15) is 42.6 Å². The molecule has 0 amide bonds. The van der Waals surface area contributed by atoms with Crippen molar-refractivity contribution in [2.24, 2.45) is 0 Å². The molecule has 6 nitrogen and oxygen atoms in total. The third-order valence-corrected chi connectivity index (χ3v) is 6.38. The highest BCUT2D eigenvalue weighted by Gasteiger charge is 2.30. The number of hydrogen-bond acceptors (Lipinski definition) is 4. The number of Topliss-reactive ketones (excluding diaryl/α,β-unsaturated/α-hetero) is 1. The summed E-state index contributed by atoms with van der Waals surface area (Å²) < 4.78 is 29.2. The molecule has 3 rings (SSSR count). The molecule has 0 N–H and O–H groups in total. The van der Waals surface area contributed by atoms with Crippen LogP contribution in [0, 0.1) is 0 Å². The van der Waals surface area contributed by atoms with E-state index in [1.54, 1.807) is 37.6 Å². The average molecular weight is 347 g/mol. The monoisotopic (exact) mass is 347 g/mol. The molecule has 0 atom stereocenters. The molecule has 1 fully saturated rings. The van der Waals surface area contributed by atoms with Crippen molar-refractivity contribution in [1.82, 2.24) is 13.9 Å². The predicted molar refractivity (Wildman–Crippen MR) is 90.3 cm³/mol. The minimum atomic E-state index is -3.56. The van der Waals surface area contributed by atoms with Gasteiger partial charge in [-0.2, -0.15) is 4.31 Å². The smallest absolute Gasteiger partial charge is 0.243 e. The molecule has 7 heteroatoms. The molecule has 1 saturated heterocycles. The van der Waals surface area contributed by atoms with Gasteiger partial charge in [0.05, 0.1) is 11.2 Å². The lowest BCUT2D eigenvalue weighted by Crippen LogP contribution is -2.38. The van der Waals surface area contributed by atoms with E-state index < -0.39 is 10.0 Å². The minimum absolute atomic E-state index is 0.0501. The molecule has 1 aliphatic rings. The topological polar surface area (TPSA) is 72.3 Å². The SMILES string of the molecule is CCC(=O)c1cccc(S(=O)(=O)N2CCC(n3ccnc3)CC2)c1. The largest absolute Gasteiger partial charge is 0.334 e. The summed E-state index contributed by atoms with van der Waals surface area (Å²) >= 11 is 0. The Morgan fingerprint density at radius 3 is 2.67 bits per heavy atom. The maximum absolute atomic E-state index is 12.8. The second kappa shape index (κ2) is 6.86. The fourth-order valence-electron chi connectivity index (χ4n) is 3.05. The van der Waals surface area contributed by atoms with Gasteiger partial charge in [-0.15, -0.1) is 0 Å². The molecule has 0 radical (unpaired) electrons. The molecule has 0 aliphatic carbocycles. The Bertz CT molecular complexity index is 807. The predicted octanol–water partition coefficient (Wildman–Crippen LogP) is 2.50. The molecule has 2 aromatic rings. The average Bonchev–Trinajstić information content (AvgIpc) is 3.16. The zero-order valence-corrected chi connectivity index (χ0v) is 14.4. The van der Waals surface area contributed by atoms with E-state index in [2.05, 4.69) is 4.98 Å². The lowest BCUT2D eigenvalue weighted by atomic mass is 10.1. The zero-order chi connectivity index (χ0) is 17.2. The number of carbonyl (C=O) groups is 1. The van der Waals surface area contributed by atoms with Crippen molar-refractivity contribution >= 4 is 15.8 Å². The van der Waals surface area contributed by atoms with Gasteiger partial charge in [0.15, 0.2) is 5.78 Å². The van der Waals surface area contributed by atoms with Crippen LogP contribution in [-0.2, 0) is 10.0 Å². The van der Waals surface area contributed by atoms with Crippen LogP contribution in [0.25, 0.3) is 0 Å². The van der Waals surface area contributed by atoms with Gasteiger partial charge in [-0.05, 0) is 25.0 Å². The van der Waals surface area contributed by atoms with Gasteiger partial charge >= 0.3 is 0 Å². The Hall–Kier alpha value is -1.99. The van der Waals surface area contributed by atoms with Crippen LogP contribution in [0.15, 0.2) is 47.9 Å². The maximum Gasteiger partial charge on any atom is 0.243 e. The number of carbonyl (C=O) groups excluding carboxylic acids is 1. The second-order valence-electron chi connectivity index (χ2n) is 5.95. The van der Waals surface area contributed by atoms with Gasteiger partial charge in [-0.3, -0.25) is 4.79 Å². The first kappa shape index (κ1) is 16.9. The molecular weight excluding hydrogens is 326 g/mol. The van der Waals surface area contributed by atoms with E-state index in [-0.39, 0.29) is 16.7 Å². The van der Waals surface area contributed by atoms with Gasteiger partial charge in [0.2, 0.25) is 10.0 Å². The summed E-state index contributed by atoms with van der Waals surface area (Å²) in [5.74, 6) is -0.0501. The van der Waals surface area contributed by atoms with Crippen molar-refractivity contribution in [2.75, 3.05) is 13.1 Å². The number of imidazole rings is 1. The van der Waals surface area contributed by atoms with Gasteiger partial charge in [-0.25, -0.2) is 13.4 Å². The van der Waals surface area contributed by atoms with E-state index >= 15 is 0 Å². The van der Waals surface area contributed by atoms with Crippen LogP contribution < -0.4 is 0 Å². The van der Waals surface area contributed by atoms with Crippen LogP contribution in [0.4, 0.5) is 0 Å². The highest BCUT2D eigenvalue weighted by atomic mass is 32.2. The summed E-state index contributed by atoms with van der Waals surface area (Å²) in [5.41, 5.74) is 0.451. The van der Waals surface area contributed by atoms with Gasteiger partial charge in [0, 0.05) is 43.5 Å². The quantitative estimate of drug-likeness (QED) is 0.779. The van der Waals surface area contributed by atoms with E-state index in [0.717, 1.165) is 12.8 Å². The summed E-state index contributed by atoms with van der Waals surface area (Å²) in [6.45, 7) is 2.71. The number of aromatic nitrogens is 2. The Balaban J connectivity index is 1.76. The number of benzene rings is 1. The number of nitrogens with zero attached hydrogens (tertiary/aromatic N) is 3. The molecule has 0 saturated carbocycles. The first-order chi connectivity index (χ1) is 11.5. The molecular formula is C17H21N3O3S. The van der Waals surface area contributed by atoms with Gasteiger partial charge in [0.1, 0.15) is 0 Å². The van der Waals surface area contributed by atoms with E-state index in [0.29, 0.717) is 25.1 Å². The molecule has 24 heavy (non-hydrogen) atoms. The van der Waals surface area contributed by atoms with Crippen molar-refractivity contribution < 1.29 is 13.2 Å². The third-order valence-electron chi connectivity index (χ3n) is 4.48. The number of piperidine rings is 1. The van der Waals surface area contributed by atoms with Gasteiger partial charge in [-0.1, -0.05) is 19.1 Å². The van der Waals surface area contributed by atoms with Crippen LogP contribution in [0.3, 0.4) is 0 Å². The number of sulfonamides is 1. The van der Waals surface area contributed by atoms with E-state index in [1.165, 1.54) is 10.4 Å². The summed E-state index contributed by atoms with van der Waals surface area (Å²) in [4.78, 5) is 16.1. The van der Waals surface area contributed by atoms with Crippen molar-refractivity contribution in [1.29, 1.82) is 0 Å². The lowest BCUT2D eigenvalue weighted by molar-refractivity contribution is 0.0988. The summed E-state index contributed by atoms with van der Waals surface area (Å²) in [6, 6.07) is 6.63. The van der Waals surface area contributed by atoms with E-state index in [9.17, 15) is 13.2 Å². The number of hydrogen-bond donors (Lipinski definition) is 0. The van der Waals surface area contributed by atoms with Crippen molar-refractivity contribution in [2.45, 2.75) is 37.1 Å². The summed E-state index contributed by atoms with van der Waals surface area (Å²) in [7, 11) is -3.56. The lowest BCUT2D eigenvalue weighted by Gasteiger charge is -2.31. The normalized spacial score (nSPS) is 17.0. The first-order valence-electron chi connectivity index (χ1n) is 8.13. The zero-order valence-electron chi connectivity index (χ0n) is 13.6. The molecule has 0 unspecified atom stereocenters. The molecule has 0 spiro atoms. The summed E-state index contributed by atoms with van der Waals surface area (Å²) in [6.07, 6.45) is 7.29. The molecule has 128 valence electrons. The van der Waals surface area contributed by atoms with Gasteiger partial charge in [0.25, 0.3) is 0 Å². The molecule has 0 bridgehead atoms. The van der Waals surface area contributed by atoms with E-state index in [4.69, 9.17) is 0 Å². The van der Waals surface area contributed by atoms with Crippen molar-refractivity contribution in [3.63, 3.8) is 0 Å². The Morgan fingerprint density at radius 2 is 2.04 bits per heavy atom. The second-order valence-corrected chi connectivity index (χ2v) is 7.89. The molecule has 1 aliphatic heterocycles. The number of ketones is 1. The Kier molecular flexibility index (Phi) is 4.82. The standard InChI is InChI=1S/C17H21N3O3S/c1-2-17(21)14-4-3-5-16(12-14)24(22,23)20-9-6-15(7-10-20)19-11-8-18-13-19/h3-5,8,11-13,15H,2,6-7,9-10H2,1H3. The first-order valence-corrected chi connectivity index (χ1v) is 9.57. The Morgan fingerprint density at radius 1 is 1.29 bits per heavy atom. The molecule has 2 heterocycles. The minimum Gasteiger partial charge on any atom is -0.334 e. The summed E-state index contributed by atoms with van der Waals surface area (Å²) in [5, 5.41) is 0. The number of rotatable bonds is 5. The fraction of sp³-hybridized carbons (Fsp3) is 0.412. The van der Waals surface area contributed by atoms with E-state index in [1.807, 2.05) is 10.8 Å². The highest BCUT2D eigenvalue weighted by Crippen LogP contribution is 2.27. The van der Waals surface area contributed by atoms with Crippen LogP contribution >= 0.6 is 0 Å².